The number of halogens is 3. The Labute approximate surface area is 239 Å². The summed E-state index contributed by atoms with van der Waals surface area (Å²) >= 11 is 0. The van der Waals surface area contributed by atoms with Gasteiger partial charge in [0.1, 0.15) is 12.6 Å². The molecule has 0 spiro atoms. The molecule has 1 atom stereocenters. The van der Waals surface area contributed by atoms with Crippen LogP contribution in [-0.4, -0.2) is 59.4 Å². The number of nitrogens with one attached hydrogen (secondary N) is 1. The van der Waals surface area contributed by atoms with E-state index in [9.17, 15) is 28.0 Å². The van der Waals surface area contributed by atoms with E-state index in [1.807, 2.05) is 21.0 Å². The van der Waals surface area contributed by atoms with E-state index in [1.54, 1.807) is 25.1 Å². The Balaban J connectivity index is 0.00000155. The monoisotopic (exact) mass is 586 g/mol. The minimum atomic E-state index is -4.61. The number of carboxylic acid groups (broad SMARTS) is 1. The van der Waals surface area contributed by atoms with Gasteiger partial charge in [-0.25, -0.2) is 19.3 Å². The molecule has 0 aliphatic carbocycles. The number of alkyl halides is 3. The molecule has 1 aliphatic rings. The van der Waals surface area contributed by atoms with Crippen molar-refractivity contribution in [3.05, 3.63) is 86.5 Å². The van der Waals surface area contributed by atoms with Gasteiger partial charge < -0.3 is 19.1 Å². The molecule has 222 valence electrons. The predicted molar refractivity (Wildman–Crippen MR) is 143 cm³/mol. The molecule has 0 fully saturated rings. The molecular formula is C28H29F3N6O5. The van der Waals surface area contributed by atoms with Crippen molar-refractivity contribution in [2.45, 2.75) is 32.6 Å². The van der Waals surface area contributed by atoms with Crippen molar-refractivity contribution in [3.8, 4) is 6.07 Å². The molecule has 4 rings (SSSR count). The molecule has 1 unspecified atom stereocenters. The van der Waals surface area contributed by atoms with Crippen LogP contribution in [0.1, 0.15) is 42.1 Å². The van der Waals surface area contributed by atoms with E-state index in [2.05, 4.69) is 16.3 Å². The molecule has 0 bridgehead atoms. The largest absolute Gasteiger partial charge is 0.554 e. The van der Waals surface area contributed by atoms with Crippen molar-refractivity contribution in [2.75, 3.05) is 32.6 Å². The Morgan fingerprint density at radius 2 is 1.93 bits per heavy atom. The Bertz CT molecular complexity index is 1620. The lowest BCUT2D eigenvalue weighted by Gasteiger charge is -2.37. The molecular weight excluding hydrogens is 557 g/mol. The number of nitriles is 1. The average Bonchev–Trinajstić information content (AvgIpc) is 3.32. The number of methoxy groups -OCH3 is 1. The number of carbonyl (C=O) groups excluding carboxylic acids is 2. The van der Waals surface area contributed by atoms with E-state index < -0.39 is 35.9 Å². The van der Waals surface area contributed by atoms with Gasteiger partial charge in [-0.05, 0) is 49.7 Å². The quantitative estimate of drug-likeness (QED) is 0.264. The van der Waals surface area contributed by atoms with Crippen molar-refractivity contribution < 1.29 is 37.1 Å². The van der Waals surface area contributed by atoms with E-state index in [-0.39, 0.29) is 22.9 Å². The molecule has 42 heavy (non-hydrogen) atoms. The number of allylic oxidation sites excluding steroid dienone is 1. The lowest BCUT2D eigenvalue weighted by Crippen LogP contribution is -2.40. The summed E-state index contributed by atoms with van der Waals surface area (Å²) in [6.45, 7) is 4.33. The fourth-order valence-corrected chi connectivity index (χ4v) is 4.73. The van der Waals surface area contributed by atoms with Crippen LogP contribution in [0.5, 0.6) is 0 Å². The molecule has 14 heteroatoms. The number of hydrogen-bond acceptors (Lipinski definition) is 8. The third-order valence-electron chi connectivity index (χ3n) is 7.00. The second-order valence-electron chi connectivity index (χ2n) is 10.0. The van der Waals surface area contributed by atoms with Gasteiger partial charge in [-0.3, -0.25) is 4.90 Å². The first kappa shape index (κ1) is 31.6. The highest BCUT2D eigenvalue weighted by molar-refractivity contribution is 5.93. The van der Waals surface area contributed by atoms with Crippen LogP contribution < -0.4 is 15.7 Å². The minimum Gasteiger partial charge on any atom is -0.554 e. The first-order chi connectivity index (χ1) is 19.7. The first-order valence-electron chi connectivity index (χ1n) is 12.6. The van der Waals surface area contributed by atoms with Crippen molar-refractivity contribution in [3.63, 3.8) is 0 Å². The van der Waals surface area contributed by atoms with E-state index >= 15 is 0 Å². The number of aromatic amines is 1. The SMILES string of the molecule is CC[N+](C)(C)Cc1cc(C#N)ccc1C1C(C(=O)OC)=C(C)N(c2cccc(C(F)(F)F)c2)c2n[nH]c(=O)n21.O=C[O-]. The lowest BCUT2D eigenvalue weighted by molar-refractivity contribution is -0.901. The zero-order valence-electron chi connectivity index (χ0n) is 23.5. The molecule has 0 saturated carbocycles. The molecule has 3 aromatic rings. The van der Waals surface area contributed by atoms with Crippen molar-refractivity contribution in [1.29, 1.82) is 5.26 Å². The maximum absolute atomic E-state index is 13.5. The summed E-state index contributed by atoms with van der Waals surface area (Å²) < 4.78 is 47.5. The zero-order chi connectivity index (χ0) is 31.4. The summed E-state index contributed by atoms with van der Waals surface area (Å²) in [5, 5.41) is 24.3. The van der Waals surface area contributed by atoms with Crippen LogP contribution in [0.2, 0.25) is 0 Å². The number of fused-ring (bicyclic) bond motifs is 1. The number of H-pyrrole nitrogens is 1. The van der Waals surface area contributed by atoms with Gasteiger partial charge in [0.05, 0.1) is 50.5 Å². The Kier molecular flexibility index (Phi) is 9.27. The summed E-state index contributed by atoms with van der Waals surface area (Å²) in [5.74, 6) is -0.748. The van der Waals surface area contributed by atoms with Gasteiger partial charge in [-0.1, -0.05) is 12.1 Å². The molecule has 1 aliphatic heterocycles. The van der Waals surface area contributed by atoms with E-state index in [1.165, 1.54) is 28.7 Å². The van der Waals surface area contributed by atoms with Crippen LogP contribution in [0, 0.1) is 11.3 Å². The van der Waals surface area contributed by atoms with Gasteiger partial charge in [0.15, 0.2) is 0 Å². The zero-order valence-corrected chi connectivity index (χ0v) is 23.5. The normalized spacial score (nSPS) is 14.8. The number of rotatable bonds is 6. The average molecular weight is 587 g/mol. The minimum absolute atomic E-state index is 0.00836. The van der Waals surface area contributed by atoms with Crippen molar-refractivity contribution in [2.24, 2.45) is 0 Å². The highest BCUT2D eigenvalue weighted by atomic mass is 19.4. The van der Waals surface area contributed by atoms with E-state index in [4.69, 9.17) is 14.6 Å². The number of aromatic nitrogens is 3. The fraction of sp³-hybridized carbons (Fsp3) is 0.321. The van der Waals surface area contributed by atoms with Crippen LogP contribution in [0.25, 0.3) is 0 Å². The van der Waals surface area contributed by atoms with Crippen LogP contribution in [-0.2, 0) is 27.0 Å². The van der Waals surface area contributed by atoms with E-state index in [0.717, 1.165) is 24.2 Å². The van der Waals surface area contributed by atoms with Gasteiger partial charge in [0.25, 0.3) is 0 Å². The molecule has 2 aromatic carbocycles. The van der Waals surface area contributed by atoms with Gasteiger partial charge in [-0.2, -0.15) is 18.4 Å². The third-order valence-corrected chi connectivity index (χ3v) is 7.00. The molecule has 2 heterocycles. The Morgan fingerprint density at radius 1 is 1.26 bits per heavy atom. The van der Waals surface area contributed by atoms with Crippen molar-refractivity contribution in [1.82, 2.24) is 14.8 Å². The Morgan fingerprint density at radius 3 is 2.50 bits per heavy atom. The first-order valence-corrected chi connectivity index (χ1v) is 12.6. The molecule has 1 N–H and O–H groups in total. The number of quaternary nitrogens is 1. The van der Waals surface area contributed by atoms with Gasteiger partial charge >= 0.3 is 17.8 Å². The number of benzene rings is 2. The molecule has 0 amide bonds. The Hall–Kier alpha value is -4.90. The fourth-order valence-electron chi connectivity index (χ4n) is 4.73. The number of anilines is 2. The second kappa shape index (κ2) is 12.3. The second-order valence-corrected chi connectivity index (χ2v) is 10.0. The predicted octanol–water partition coefficient (Wildman–Crippen LogP) is 2.61. The topological polar surface area (TPSA) is 144 Å². The van der Waals surface area contributed by atoms with Crippen LogP contribution in [0.15, 0.2) is 58.5 Å². The number of carbonyl (C=O) groups is 2. The number of hydrogen-bond donors (Lipinski definition) is 1. The number of nitrogens with zero attached hydrogens (tertiary/aromatic N) is 5. The number of ether oxygens (including phenoxy) is 1. The summed E-state index contributed by atoms with van der Waals surface area (Å²) in [5.41, 5.74) is 0.510. The molecule has 0 radical (unpaired) electrons. The van der Waals surface area contributed by atoms with Crippen LogP contribution in [0.4, 0.5) is 24.8 Å². The molecule has 0 saturated heterocycles. The van der Waals surface area contributed by atoms with Crippen LogP contribution >= 0.6 is 0 Å². The van der Waals surface area contributed by atoms with Gasteiger partial charge in [0.2, 0.25) is 5.95 Å². The third kappa shape index (κ3) is 6.21. The highest BCUT2D eigenvalue weighted by Gasteiger charge is 2.41. The standard InChI is InChI=1S/C27H27F3N6O3.CH2O2/c1-6-36(3,4)15-18-12-17(14-31)10-11-21(18)23-22(24(37)39-5)16(2)34(25-32-33-26(38)35(23)25)20-9-7-8-19(13-20)27(28,29)30;2-1-3/h7-13,23H,6,15H2,1-5H3;1H,(H,2,3). The highest BCUT2D eigenvalue weighted by Crippen LogP contribution is 2.43. The summed E-state index contributed by atoms with van der Waals surface area (Å²) in [6, 6.07) is 10.7. The number of esters is 1. The lowest BCUT2D eigenvalue weighted by atomic mass is 9.89. The maximum atomic E-state index is 13.5. The summed E-state index contributed by atoms with van der Waals surface area (Å²) in [4.78, 5) is 36.1. The maximum Gasteiger partial charge on any atom is 0.416 e. The summed E-state index contributed by atoms with van der Waals surface area (Å²) in [7, 11) is 5.21. The smallest absolute Gasteiger partial charge is 0.416 e. The van der Waals surface area contributed by atoms with E-state index in [0.29, 0.717) is 22.2 Å². The van der Waals surface area contributed by atoms with Crippen molar-refractivity contribution >= 4 is 24.1 Å². The molecule has 11 nitrogen and oxygen atoms in total. The summed E-state index contributed by atoms with van der Waals surface area (Å²) in [6.07, 6.45) is -4.61. The molecule has 1 aromatic heterocycles. The van der Waals surface area contributed by atoms with Gasteiger partial charge in [-0.15, -0.1) is 5.10 Å². The van der Waals surface area contributed by atoms with Gasteiger partial charge in [0, 0.05) is 23.4 Å². The van der Waals surface area contributed by atoms with Crippen LogP contribution in [0.3, 0.4) is 0 Å².